The number of hydrogen-bond acceptors (Lipinski definition) is 4. The van der Waals surface area contributed by atoms with Crippen LogP contribution < -0.4 is 10.6 Å². The molecule has 1 aliphatic rings. The normalized spacial score (nSPS) is 20.6. The number of ether oxygens (including phenoxy) is 1. The second-order valence-electron chi connectivity index (χ2n) is 7.69. The van der Waals surface area contributed by atoms with Gasteiger partial charge in [-0.05, 0) is 33.1 Å². The fourth-order valence-corrected chi connectivity index (χ4v) is 3.08. The van der Waals surface area contributed by atoms with E-state index in [2.05, 4.69) is 37.0 Å². The summed E-state index contributed by atoms with van der Waals surface area (Å²) in [5, 5.41) is 6.07. The van der Waals surface area contributed by atoms with Crippen LogP contribution in [0.4, 0.5) is 4.79 Å². The van der Waals surface area contributed by atoms with Crippen molar-refractivity contribution in [2.45, 2.75) is 45.8 Å². The quantitative estimate of drug-likeness (QED) is 0.292. The summed E-state index contributed by atoms with van der Waals surface area (Å²) in [7, 11) is 1.79. The van der Waals surface area contributed by atoms with Gasteiger partial charge in [-0.25, -0.2) is 9.78 Å². The molecule has 1 saturated heterocycles. The Hall–Kier alpha value is -1.52. The molecule has 0 aromatic carbocycles. The highest BCUT2D eigenvalue weighted by atomic mass is 127. The summed E-state index contributed by atoms with van der Waals surface area (Å²) in [6.07, 6.45) is 6.42. The summed E-state index contributed by atoms with van der Waals surface area (Å²) in [5.41, 5.74) is -0.486. The first-order valence-electron chi connectivity index (χ1n) is 9.20. The van der Waals surface area contributed by atoms with Crippen LogP contribution in [0.1, 0.15) is 40.2 Å². The third-order valence-corrected chi connectivity index (χ3v) is 4.41. The van der Waals surface area contributed by atoms with Crippen molar-refractivity contribution in [2.75, 3.05) is 33.2 Å². The SMILES string of the molecule is CN=C(NCCNC(=O)OC(C)(C)C)N1CCC(C)C(n2ccnc2)C1.I. The molecule has 2 heterocycles. The third kappa shape index (κ3) is 7.55. The summed E-state index contributed by atoms with van der Waals surface area (Å²) in [5.74, 6) is 1.44. The second kappa shape index (κ2) is 10.7. The number of rotatable bonds is 4. The lowest BCUT2D eigenvalue weighted by atomic mass is 9.93. The molecule has 1 amide bonds. The van der Waals surface area contributed by atoms with E-state index < -0.39 is 11.7 Å². The number of aromatic nitrogens is 2. The first kappa shape index (κ1) is 23.5. The zero-order valence-electron chi connectivity index (χ0n) is 16.9. The van der Waals surface area contributed by atoms with Crippen LogP contribution in [0.25, 0.3) is 0 Å². The van der Waals surface area contributed by atoms with Crippen LogP contribution in [-0.4, -0.2) is 65.3 Å². The molecule has 0 spiro atoms. The van der Waals surface area contributed by atoms with Crippen LogP contribution in [0.3, 0.4) is 0 Å². The van der Waals surface area contributed by atoms with Gasteiger partial charge in [0, 0.05) is 45.6 Å². The Bertz CT molecular complexity index is 599. The van der Waals surface area contributed by atoms with Crippen LogP contribution in [0.5, 0.6) is 0 Å². The molecule has 154 valence electrons. The van der Waals surface area contributed by atoms with E-state index in [1.54, 1.807) is 7.05 Å². The predicted molar refractivity (Wildman–Crippen MR) is 118 cm³/mol. The molecule has 2 atom stereocenters. The van der Waals surface area contributed by atoms with E-state index in [9.17, 15) is 4.79 Å². The molecular formula is C18H33IN6O2. The smallest absolute Gasteiger partial charge is 0.407 e. The number of amides is 1. The summed E-state index contributed by atoms with van der Waals surface area (Å²) in [6, 6.07) is 0.379. The maximum absolute atomic E-state index is 11.7. The van der Waals surface area contributed by atoms with E-state index in [0.717, 1.165) is 25.5 Å². The highest BCUT2D eigenvalue weighted by molar-refractivity contribution is 14.0. The Balaban J connectivity index is 0.00000364. The van der Waals surface area contributed by atoms with E-state index >= 15 is 0 Å². The molecule has 8 nitrogen and oxygen atoms in total. The number of nitrogens with zero attached hydrogens (tertiary/aromatic N) is 4. The molecular weight excluding hydrogens is 459 g/mol. The third-order valence-electron chi connectivity index (χ3n) is 4.41. The number of carbonyl (C=O) groups excluding carboxylic acids is 1. The number of guanidine groups is 1. The Morgan fingerprint density at radius 2 is 2.04 bits per heavy atom. The number of imidazole rings is 1. The fraction of sp³-hybridized carbons (Fsp3) is 0.722. The van der Waals surface area contributed by atoms with Gasteiger partial charge in [-0.3, -0.25) is 4.99 Å². The van der Waals surface area contributed by atoms with Gasteiger partial charge in [0.15, 0.2) is 5.96 Å². The van der Waals surface area contributed by atoms with E-state index in [4.69, 9.17) is 4.74 Å². The molecule has 1 aliphatic heterocycles. The van der Waals surface area contributed by atoms with Crippen molar-refractivity contribution in [3.05, 3.63) is 18.7 Å². The number of nitrogens with one attached hydrogen (secondary N) is 2. The summed E-state index contributed by atoms with van der Waals surface area (Å²) < 4.78 is 7.40. The van der Waals surface area contributed by atoms with Crippen LogP contribution >= 0.6 is 24.0 Å². The van der Waals surface area contributed by atoms with Gasteiger partial charge in [-0.2, -0.15) is 0 Å². The zero-order valence-corrected chi connectivity index (χ0v) is 19.3. The first-order valence-corrected chi connectivity index (χ1v) is 9.20. The zero-order chi connectivity index (χ0) is 19.2. The molecule has 0 bridgehead atoms. The Morgan fingerprint density at radius 1 is 1.33 bits per heavy atom. The largest absolute Gasteiger partial charge is 0.444 e. The molecule has 27 heavy (non-hydrogen) atoms. The van der Waals surface area contributed by atoms with Gasteiger partial charge < -0.3 is 24.8 Å². The molecule has 1 aromatic rings. The van der Waals surface area contributed by atoms with Gasteiger partial charge >= 0.3 is 6.09 Å². The lowest BCUT2D eigenvalue weighted by molar-refractivity contribution is 0.0528. The van der Waals surface area contributed by atoms with Gasteiger partial charge in [-0.1, -0.05) is 6.92 Å². The fourth-order valence-electron chi connectivity index (χ4n) is 3.08. The number of piperidine rings is 1. The van der Waals surface area contributed by atoms with Gasteiger partial charge in [0.2, 0.25) is 0 Å². The highest BCUT2D eigenvalue weighted by Gasteiger charge is 2.28. The van der Waals surface area contributed by atoms with Gasteiger partial charge in [-0.15, -0.1) is 24.0 Å². The van der Waals surface area contributed by atoms with Crippen molar-refractivity contribution in [3.8, 4) is 0 Å². The average molecular weight is 492 g/mol. The van der Waals surface area contributed by atoms with Crippen molar-refractivity contribution < 1.29 is 9.53 Å². The molecule has 2 N–H and O–H groups in total. The minimum atomic E-state index is -0.486. The number of hydrogen-bond donors (Lipinski definition) is 2. The molecule has 0 radical (unpaired) electrons. The van der Waals surface area contributed by atoms with Gasteiger partial charge in [0.25, 0.3) is 0 Å². The monoisotopic (exact) mass is 492 g/mol. The van der Waals surface area contributed by atoms with Crippen LogP contribution in [-0.2, 0) is 4.74 Å². The summed E-state index contributed by atoms with van der Waals surface area (Å²) in [6.45, 7) is 10.7. The molecule has 0 aliphatic carbocycles. The van der Waals surface area contributed by atoms with E-state index in [1.165, 1.54) is 0 Å². The molecule has 2 rings (SSSR count). The standard InChI is InChI=1S/C18H32N6O2.HI/c1-14-6-10-23(12-15(14)24-11-9-20-13-24)16(19-5)21-7-8-22-17(25)26-18(2,3)4;/h9,11,13-15H,6-8,10,12H2,1-5H3,(H,19,21)(H,22,25);1H. The molecule has 9 heteroatoms. The highest BCUT2D eigenvalue weighted by Crippen LogP contribution is 2.27. The van der Waals surface area contributed by atoms with E-state index in [0.29, 0.717) is 25.0 Å². The average Bonchev–Trinajstić information content (AvgIpc) is 3.08. The van der Waals surface area contributed by atoms with Crippen molar-refractivity contribution in [1.82, 2.24) is 25.1 Å². The number of likely N-dealkylation sites (tertiary alicyclic amines) is 1. The van der Waals surface area contributed by atoms with E-state index in [-0.39, 0.29) is 24.0 Å². The van der Waals surface area contributed by atoms with Gasteiger partial charge in [0.05, 0.1) is 12.4 Å². The number of alkyl carbamates (subject to hydrolysis) is 1. The molecule has 1 aromatic heterocycles. The Kier molecular flexibility index (Phi) is 9.34. The van der Waals surface area contributed by atoms with Crippen molar-refractivity contribution >= 4 is 36.0 Å². The van der Waals surface area contributed by atoms with Crippen LogP contribution in [0, 0.1) is 5.92 Å². The Labute approximate surface area is 179 Å². The second-order valence-corrected chi connectivity index (χ2v) is 7.69. The van der Waals surface area contributed by atoms with E-state index in [1.807, 2.05) is 39.5 Å². The summed E-state index contributed by atoms with van der Waals surface area (Å²) in [4.78, 5) is 22.5. The predicted octanol–water partition coefficient (Wildman–Crippen LogP) is 2.48. The number of halogens is 1. The van der Waals surface area contributed by atoms with Crippen molar-refractivity contribution in [3.63, 3.8) is 0 Å². The maximum atomic E-state index is 11.7. The minimum Gasteiger partial charge on any atom is -0.444 e. The number of carbonyl (C=O) groups is 1. The Morgan fingerprint density at radius 3 is 2.63 bits per heavy atom. The maximum Gasteiger partial charge on any atom is 0.407 e. The lowest BCUT2D eigenvalue weighted by Crippen LogP contribution is -2.50. The lowest BCUT2D eigenvalue weighted by Gasteiger charge is -2.39. The van der Waals surface area contributed by atoms with Crippen molar-refractivity contribution in [1.29, 1.82) is 0 Å². The summed E-state index contributed by atoms with van der Waals surface area (Å²) >= 11 is 0. The van der Waals surface area contributed by atoms with Crippen molar-refractivity contribution in [2.24, 2.45) is 10.9 Å². The van der Waals surface area contributed by atoms with Crippen LogP contribution in [0.15, 0.2) is 23.7 Å². The minimum absolute atomic E-state index is 0. The van der Waals surface area contributed by atoms with Crippen LogP contribution in [0.2, 0.25) is 0 Å². The molecule has 2 unspecified atom stereocenters. The van der Waals surface area contributed by atoms with Gasteiger partial charge in [0.1, 0.15) is 5.60 Å². The molecule has 1 fully saturated rings. The first-order chi connectivity index (χ1) is 12.3. The number of aliphatic imine (C=N–C) groups is 1. The molecule has 0 saturated carbocycles. The topological polar surface area (TPSA) is 83.8 Å².